The minimum absolute atomic E-state index is 0.335. The van der Waals surface area contributed by atoms with Crippen molar-refractivity contribution >= 4 is 23.3 Å². The SMILES string of the molecule is CCCn1c(Sc2nc(C(C)C)ns2)nnc1-c1ccncc1. The Labute approximate surface area is 143 Å². The van der Waals surface area contributed by atoms with E-state index >= 15 is 0 Å². The summed E-state index contributed by atoms with van der Waals surface area (Å²) in [6, 6.07) is 3.90. The van der Waals surface area contributed by atoms with Gasteiger partial charge in [0.15, 0.2) is 15.3 Å². The summed E-state index contributed by atoms with van der Waals surface area (Å²) < 4.78 is 7.43. The molecular weight excluding hydrogens is 328 g/mol. The molecule has 0 saturated heterocycles. The van der Waals surface area contributed by atoms with E-state index in [9.17, 15) is 0 Å². The molecule has 0 spiro atoms. The molecule has 23 heavy (non-hydrogen) atoms. The molecule has 0 aliphatic rings. The fraction of sp³-hybridized carbons (Fsp3) is 0.400. The van der Waals surface area contributed by atoms with Gasteiger partial charge < -0.3 is 4.57 Å². The quantitative estimate of drug-likeness (QED) is 0.675. The van der Waals surface area contributed by atoms with Crippen LogP contribution in [0.15, 0.2) is 34.0 Å². The lowest BCUT2D eigenvalue weighted by Crippen LogP contribution is -2.01. The maximum Gasteiger partial charge on any atom is 0.198 e. The normalized spacial score (nSPS) is 11.3. The van der Waals surface area contributed by atoms with Crippen molar-refractivity contribution in [3.05, 3.63) is 30.4 Å². The molecule has 0 radical (unpaired) electrons. The zero-order valence-corrected chi connectivity index (χ0v) is 14.9. The molecule has 0 unspecified atom stereocenters. The van der Waals surface area contributed by atoms with Crippen LogP contribution in [0.4, 0.5) is 0 Å². The van der Waals surface area contributed by atoms with E-state index in [1.807, 2.05) is 12.1 Å². The summed E-state index contributed by atoms with van der Waals surface area (Å²) in [7, 11) is 0. The second-order valence-electron chi connectivity index (χ2n) is 5.37. The highest BCUT2D eigenvalue weighted by atomic mass is 32.2. The number of rotatable bonds is 6. The van der Waals surface area contributed by atoms with Crippen LogP contribution in [0.5, 0.6) is 0 Å². The van der Waals surface area contributed by atoms with Gasteiger partial charge in [-0.15, -0.1) is 10.2 Å². The number of pyridine rings is 1. The Kier molecular flexibility index (Phi) is 5.02. The van der Waals surface area contributed by atoms with Crippen molar-refractivity contribution in [1.82, 2.24) is 29.1 Å². The van der Waals surface area contributed by atoms with E-state index in [1.54, 1.807) is 12.4 Å². The van der Waals surface area contributed by atoms with Gasteiger partial charge in [0, 0.05) is 30.4 Å². The number of hydrogen-bond donors (Lipinski definition) is 0. The average Bonchev–Trinajstić information content (AvgIpc) is 3.17. The topological polar surface area (TPSA) is 69.4 Å². The van der Waals surface area contributed by atoms with Gasteiger partial charge in [0.2, 0.25) is 0 Å². The third kappa shape index (κ3) is 3.59. The Bertz CT molecular complexity index is 765. The van der Waals surface area contributed by atoms with Crippen LogP contribution in [0, 0.1) is 0 Å². The lowest BCUT2D eigenvalue weighted by molar-refractivity contribution is 0.626. The van der Waals surface area contributed by atoms with Crippen LogP contribution < -0.4 is 0 Å². The third-order valence-electron chi connectivity index (χ3n) is 3.22. The van der Waals surface area contributed by atoms with Crippen LogP contribution in [0.3, 0.4) is 0 Å². The smallest absolute Gasteiger partial charge is 0.198 e. The first-order chi connectivity index (χ1) is 11.2. The molecule has 0 amide bonds. The van der Waals surface area contributed by atoms with E-state index in [2.05, 4.69) is 49.9 Å². The van der Waals surface area contributed by atoms with Crippen LogP contribution in [0.1, 0.15) is 38.9 Å². The van der Waals surface area contributed by atoms with Crippen molar-refractivity contribution in [2.24, 2.45) is 0 Å². The van der Waals surface area contributed by atoms with E-state index in [-0.39, 0.29) is 0 Å². The lowest BCUT2D eigenvalue weighted by atomic mass is 10.2. The Morgan fingerprint density at radius 2 is 2.00 bits per heavy atom. The van der Waals surface area contributed by atoms with Crippen molar-refractivity contribution in [3.63, 3.8) is 0 Å². The van der Waals surface area contributed by atoms with E-state index in [0.29, 0.717) is 5.92 Å². The van der Waals surface area contributed by atoms with Gasteiger partial charge in [-0.25, -0.2) is 4.98 Å². The van der Waals surface area contributed by atoms with Crippen molar-refractivity contribution in [3.8, 4) is 11.4 Å². The van der Waals surface area contributed by atoms with Crippen molar-refractivity contribution in [2.75, 3.05) is 0 Å². The minimum Gasteiger partial charge on any atom is -0.302 e. The molecule has 0 fully saturated rings. The molecule has 6 nitrogen and oxygen atoms in total. The molecule has 8 heteroatoms. The predicted octanol–water partition coefficient (Wildman–Crippen LogP) is 3.88. The fourth-order valence-corrected chi connectivity index (χ4v) is 3.79. The van der Waals surface area contributed by atoms with Crippen LogP contribution >= 0.6 is 23.3 Å². The van der Waals surface area contributed by atoms with Gasteiger partial charge in [0.1, 0.15) is 5.82 Å². The Balaban J connectivity index is 1.91. The highest BCUT2D eigenvalue weighted by molar-refractivity contribution is 8.00. The van der Waals surface area contributed by atoms with Gasteiger partial charge in [-0.3, -0.25) is 4.98 Å². The Morgan fingerprint density at radius 3 is 2.65 bits per heavy atom. The number of nitrogens with zero attached hydrogens (tertiary/aromatic N) is 6. The third-order valence-corrected chi connectivity index (χ3v) is 4.97. The van der Waals surface area contributed by atoms with Crippen molar-refractivity contribution in [1.29, 1.82) is 0 Å². The maximum absolute atomic E-state index is 4.57. The Hall–Kier alpha value is -1.80. The van der Waals surface area contributed by atoms with Gasteiger partial charge in [0.05, 0.1) is 0 Å². The molecule has 0 bridgehead atoms. The zero-order chi connectivity index (χ0) is 16.2. The Morgan fingerprint density at radius 1 is 1.22 bits per heavy atom. The molecule has 3 aromatic heterocycles. The zero-order valence-electron chi connectivity index (χ0n) is 13.3. The van der Waals surface area contributed by atoms with E-state index in [1.165, 1.54) is 23.3 Å². The van der Waals surface area contributed by atoms with Gasteiger partial charge in [-0.05, 0) is 41.8 Å². The molecule has 0 aromatic carbocycles. The second kappa shape index (κ2) is 7.18. The van der Waals surface area contributed by atoms with E-state index < -0.39 is 0 Å². The highest BCUT2D eigenvalue weighted by Crippen LogP contribution is 2.31. The second-order valence-corrected chi connectivity index (χ2v) is 7.34. The van der Waals surface area contributed by atoms with Gasteiger partial charge in [-0.1, -0.05) is 20.8 Å². The summed E-state index contributed by atoms with van der Waals surface area (Å²) in [5.41, 5.74) is 1.02. The largest absolute Gasteiger partial charge is 0.302 e. The monoisotopic (exact) mass is 346 g/mol. The fourth-order valence-electron chi connectivity index (χ4n) is 2.08. The lowest BCUT2D eigenvalue weighted by Gasteiger charge is -2.07. The first-order valence-corrected chi connectivity index (χ1v) is 9.13. The average molecular weight is 346 g/mol. The van der Waals surface area contributed by atoms with Crippen LogP contribution in [-0.4, -0.2) is 29.1 Å². The van der Waals surface area contributed by atoms with Crippen LogP contribution in [-0.2, 0) is 6.54 Å². The highest BCUT2D eigenvalue weighted by Gasteiger charge is 2.17. The van der Waals surface area contributed by atoms with Crippen LogP contribution in [0.25, 0.3) is 11.4 Å². The summed E-state index contributed by atoms with van der Waals surface area (Å²) in [5.74, 6) is 2.08. The molecule has 0 saturated carbocycles. The van der Waals surface area contributed by atoms with Gasteiger partial charge in [-0.2, -0.15) is 4.37 Å². The molecule has 0 atom stereocenters. The molecule has 3 rings (SSSR count). The summed E-state index contributed by atoms with van der Waals surface area (Å²) in [6.07, 6.45) is 4.55. The van der Waals surface area contributed by atoms with Gasteiger partial charge in [0.25, 0.3) is 0 Å². The molecule has 120 valence electrons. The molecule has 3 aromatic rings. The van der Waals surface area contributed by atoms with Crippen LogP contribution in [0.2, 0.25) is 0 Å². The number of hydrogen-bond acceptors (Lipinski definition) is 7. The summed E-state index contributed by atoms with van der Waals surface area (Å²) in [4.78, 5) is 8.63. The standard InChI is InChI=1S/C15H18N6S2/c1-4-9-21-13(11-5-7-16-8-6-11)18-19-14(21)22-15-17-12(10(2)3)20-23-15/h5-8,10H,4,9H2,1-3H3. The van der Waals surface area contributed by atoms with E-state index in [4.69, 9.17) is 0 Å². The van der Waals surface area contributed by atoms with E-state index in [0.717, 1.165) is 39.7 Å². The maximum atomic E-state index is 4.57. The van der Waals surface area contributed by atoms with Crippen molar-refractivity contribution < 1.29 is 0 Å². The molecule has 0 aliphatic carbocycles. The first kappa shape index (κ1) is 16.1. The predicted molar refractivity (Wildman–Crippen MR) is 91.7 cm³/mol. The molecule has 3 heterocycles. The minimum atomic E-state index is 0.335. The molecular formula is C15H18N6S2. The summed E-state index contributed by atoms with van der Waals surface area (Å²) >= 11 is 2.94. The van der Waals surface area contributed by atoms with Gasteiger partial charge >= 0.3 is 0 Å². The molecule has 0 aliphatic heterocycles. The van der Waals surface area contributed by atoms with Crippen molar-refractivity contribution in [2.45, 2.75) is 49.2 Å². The molecule has 0 N–H and O–H groups in total. The summed E-state index contributed by atoms with van der Waals surface area (Å²) in [6.45, 7) is 7.20. The first-order valence-electron chi connectivity index (χ1n) is 7.54. The number of aromatic nitrogens is 6. The summed E-state index contributed by atoms with van der Waals surface area (Å²) in [5, 5.41) is 9.57.